The first kappa shape index (κ1) is 21.3. The Labute approximate surface area is 184 Å². The van der Waals surface area contributed by atoms with Crippen LogP contribution < -0.4 is 0 Å². The first-order chi connectivity index (χ1) is 15.2. The van der Waals surface area contributed by atoms with Gasteiger partial charge in [-0.3, -0.25) is 14.6 Å². The summed E-state index contributed by atoms with van der Waals surface area (Å²) >= 11 is 0. The number of benzene rings is 1. The van der Waals surface area contributed by atoms with Crippen molar-refractivity contribution in [2.75, 3.05) is 26.2 Å². The number of pyridine rings is 1. The molecule has 1 aliphatic carbocycles. The summed E-state index contributed by atoms with van der Waals surface area (Å²) in [5.74, 6) is 0.251. The van der Waals surface area contributed by atoms with E-state index in [9.17, 15) is 9.59 Å². The maximum atomic E-state index is 13.3. The molecule has 1 aliphatic heterocycles. The van der Waals surface area contributed by atoms with E-state index < -0.39 is 0 Å². The fraction of sp³-hybridized carbons (Fsp3) is 0.423. The maximum absolute atomic E-state index is 13.3. The lowest BCUT2D eigenvalue weighted by Crippen LogP contribution is -2.40. The summed E-state index contributed by atoms with van der Waals surface area (Å²) in [6.07, 6.45) is 10.2. The van der Waals surface area contributed by atoms with E-state index in [1.165, 1.54) is 0 Å². The van der Waals surface area contributed by atoms with Gasteiger partial charge in [0.15, 0.2) is 0 Å². The van der Waals surface area contributed by atoms with Crippen LogP contribution in [0.15, 0.2) is 61.4 Å². The summed E-state index contributed by atoms with van der Waals surface area (Å²) in [6, 6.07) is 12.3. The maximum Gasteiger partial charge on any atom is 0.228 e. The number of carbonyl (C=O) groups is 2. The number of aromatic nitrogens is 1. The zero-order valence-corrected chi connectivity index (χ0v) is 18.1. The lowest BCUT2D eigenvalue weighted by atomic mass is 9.94. The average molecular weight is 418 g/mol. The largest absolute Gasteiger partial charge is 0.340 e. The number of hydrogen-bond acceptors (Lipinski definition) is 3. The molecule has 0 unspecified atom stereocenters. The Kier molecular flexibility index (Phi) is 6.80. The predicted molar refractivity (Wildman–Crippen MR) is 122 cm³/mol. The van der Waals surface area contributed by atoms with Crippen LogP contribution in [0, 0.1) is 11.8 Å². The highest BCUT2D eigenvalue weighted by molar-refractivity contribution is 5.83. The van der Waals surface area contributed by atoms with Crippen LogP contribution in [-0.4, -0.2) is 52.8 Å². The van der Waals surface area contributed by atoms with Gasteiger partial charge in [-0.2, -0.15) is 0 Å². The van der Waals surface area contributed by atoms with E-state index in [0.717, 1.165) is 42.4 Å². The van der Waals surface area contributed by atoms with Crippen LogP contribution in [0.3, 0.4) is 0 Å². The Morgan fingerprint density at radius 3 is 2.68 bits per heavy atom. The number of hydrogen-bond donors (Lipinski definition) is 0. The fourth-order valence-corrected chi connectivity index (χ4v) is 4.86. The van der Waals surface area contributed by atoms with Gasteiger partial charge >= 0.3 is 0 Å². The molecule has 2 amide bonds. The Hall–Kier alpha value is -2.95. The van der Waals surface area contributed by atoms with Crippen molar-refractivity contribution < 1.29 is 9.59 Å². The van der Waals surface area contributed by atoms with Gasteiger partial charge in [0.2, 0.25) is 11.8 Å². The van der Waals surface area contributed by atoms with Crippen LogP contribution in [0.1, 0.15) is 31.2 Å². The van der Waals surface area contributed by atoms with Gasteiger partial charge in [-0.1, -0.05) is 49.2 Å². The molecule has 2 aliphatic rings. The van der Waals surface area contributed by atoms with Gasteiger partial charge < -0.3 is 9.80 Å². The third-order valence-electron chi connectivity index (χ3n) is 6.51. The van der Waals surface area contributed by atoms with Crippen LogP contribution >= 0.6 is 0 Å². The minimum absolute atomic E-state index is 0.119. The predicted octanol–water partition coefficient (Wildman–Crippen LogP) is 3.95. The lowest BCUT2D eigenvalue weighted by Gasteiger charge is -2.26. The van der Waals surface area contributed by atoms with Gasteiger partial charge in [0.25, 0.3) is 0 Å². The van der Waals surface area contributed by atoms with Crippen LogP contribution in [0.25, 0.3) is 11.1 Å². The van der Waals surface area contributed by atoms with Gasteiger partial charge in [-0.15, -0.1) is 6.58 Å². The normalized spacial score (nSPS) is 20.0. The highest BCUT2D eigenvalue weighted by Gasteiger charge is 2.35. The second-order valence-electron chi connectivity index (χ2n) is 8.68. The van der Waals surface area contributed by atoms with E-state index in [-0.39, 0.29) is 23.7 Å². The molecule has 2 heterocycles. The first-order valence-corrected chi connectivity index (χ1v) is 11.3. The summed E-state index contributed by atoms with van der Waals surface area (Å²) < 4.78 is 0. The minimum atomic E-state index is -0.239. The van der Waals surface area contributed by atoms with E-state index in [1.54, 1.807) is 12.3 Å². The summed E-state index contributed by atoms with van der Waals surface area (Å²) in [6.45, 7) is 6.03. The van der Waals surface area contributed by atoms with E-state index in [4.69, 9.17) is 0 Å². The number of amides is 2. The van der Waals surface area contributed by atoms with E-state index >= 15 is 0 Å². The van der Waals surface area contributed by atoms with Gasteiger partial charge in [0.1, 0.15) is 0 Å². The number of nitrogens with zero attached hydrogens (tertiary/aromatic N) is 3. The average Bonchev–Trinajstić information content (AvgIpc) is 3.30. The van der Waals surface area contributed by atoms with Crippen molar-refractivity contribution in [1.29, 1.82) is 0 Å². The Balaban J connectivity index is 1.55. The molecule has 0 N–H and O–H groups in total. The molecule has 0 radical (unpaired) electrons. The molecule has 5 nitrogen and oxygen atoms in total. The Morgan fingerprint density at radius 1 is 1.13 bits per heavy atom. The molecule has 162 valence electrons. The molecule has 1 aromatic carbocycles. The molecule has 4 rings (SSSR count). The smallest absolute Gasteiger partial charge is 0.228 e. The van der Waals surface area contributed by atoms with Crippen molar-refractivity contribution >= 4 is 11.8 Å². The highest BCUT2D eigenvalue weighted by Crippen LogP contribution is 2.28. The molecule has 5 heteroatoms. The monoisotopic (exact) mass is 417 g/mol. The Bertz CT molecular complexity index is 921. The van der Waals surface area contributed by atoms with Crippen molar-refractivity contribution in [2.24, 2.45) is 11.8 Å². The van der Waals surface area contributed by atoms with E-state index in [0.29, 0.717) is 32.6 Å². The van der Waals surface area contributed by atoms with Crippen molar-refractivity contribution in [3.63, 3.8) is 0 Å². The minimum Gasteiger partial charge on any atom is -0.340 e. The highest BCUT2D eigenvalue weighted by atomic mass is 16.2. The van der Waals surface area contributed by atoms with Crippen LogP contribution in [0.5, 0.6) is 0 Å². The van der Waals surface area contributed by atoms with Gasteiger partial charge in [-0.25, -0.2) is 0 Å². The lowest BCUT2D eigenvalue weighted by molar-refractivity contribution is -0.136. The molecule has 1 atom stereocenters. The van der Waals surface area contributed by atoms with Gasteiger partial charge in [0.05, 0.1) is 5.92 Å². The SMILES string of the molecule is C=CCN1CCN(C(=O)C2CCCC2)C[C@@H](Cc2cccc(-c3cccnc3)c2)C1=O. The summed E-state index contributed by atoms with van der Waals surface area (Å²) in [7, 11) is 0. The molecule has 1 aromatic heterocycles. The Morgan fingerprint density at radius 2 is 1.94 bits per heavy atom. The molecular weight excluding hydrogens is 386 g/mol. The summed E-state index contributed by atoms with van der Waals surface area (Å²) in [5.41, 5.74) is 3.25. The molecule has 1 saturated carbocycles. The summed E-state index contributed by atoms with van der Waals surface area (Å²) in [5, 5.41) is 0. The van der Waals surface area contributed by atoms with E-state index in [2.05, 4.69) is 29.8 Å². The molecule has 1 saturated heterocycles. The molecule has 0 bridgehead atoms. The molecule has 2 fully saturated rings. The van der Waals surface area contributed by atoms with Crippen molar-refractivity contribution in [1.82, 2.24) is 14.8 Å². The van der Waals surface area contributed by atoms with Crippen LogP contribution in [-0.2, 0) is 16.0 Å². The van der Waals surface area contributed by atoms with Crippen LogP contribution in [0.2, 0.25) is 0 Å². The zero-order valence-electron chi connectivity index (χ0n) is 18.1. The quantitative estimate of drug-likeness (QED) is 0.669. The molecule has 2 aromatic rings. The topological polar surface area (TPSA) is 53.5 Å². The molecular formula is C26H31N3O2. The van der Waals surface area contributed by atoms with Gasteiger partial charge in [0, 0.05) is 44.5 Å². The third-order valence-corrected chi connectivity index (χ3v) is 6.51. The van der Waals surface area contributed by atoms with Crippen molar-refractivity contribution in [3.05, 3.63) is 67.0 Å². The third kappa shape index (κ3) is 5.04. The van der Waals surface area contributed by atoms with Crippen LogP contribution in [0.4, 0.5) is 0 Å². The van der Waals surface area contributed by atoms with Crippen molar-refractivity contribution in [2.45, 2.75) is 32.1 Å². The molecule has 0 spiro atoms. The number of carbonyl (C=O) groups excluding carboxylic acids is 2. The standard InChI is InChI=1S/C26H31N3O2/c1-2-13-28-14-15-29(25(30)21-8-3-4-9-21)19-24(26(28)31)17-20-7-5-10-22(16-20)23-11-6-12-27-18-23/h2,5-7,10-12,16,18,21,24H,1,3-4,8-9,13-15,17,19H2/t24-/m1/s1. The fourth-order valence-electron chi connectivity index (χ4n) is 4.86. The first-order valence-electron chi connectivity index (χ1n) is 11.3. The second-order valence-corrected chi connectivity index (χ2v) is 8.68. The zero-order chi connectivity index (χ0) is 21.6. The number of rotatable bonds is 6. The van der Waals surface area contributed by atoms with E-state index in [1.807, 2.05) is 34.2 Å². The van der Waals surface area contributed by atoms with Gasteiger partial charge in [-0.05, 0) is 42.0 Å². The summed E-state index contributed by atoms with van der Waals surface area (Å²) in [4.78, 5) is 34.5. The van der Waals surface area contributed by atoms with Crippen molar-refractivity contribution in [3.8, 4) is 11.1 Å². The molecule has 31 heavy (non-hydrogen) atoms. The second kappa shape index (κ2) is 9.90.